The fourth-order valence-electron chi connectivity index (χ4n) is 1.64. The van der Waals surface area contributed by atoms with Crippen molar-refractivity contribution in [1.29, 1.82) is 0 Å². The van der Waals surface area contributed by atoms with E-state index in [9.17, 15) is 5.11 Å². The molecule has 5 nitrogen and oxygen atoms in total. The van der Waals surface area contributed by atoms with Crippen molar-refractivity contribution >= 4 is 12.2 Å². The van der Waals surface area contributed by atoms with E-state index in [1.165, 1.54) is 0 Å². The third-order valence-electron chi connectivity index (χ3n) is 2.54. The average molecular weight is 251 g/mol. The number of methoxy groups -OCH3 is 1. The fraction of sp³-hybridized carbons (Fsp3) is 0.273. The van der Waals surface area contributed by atoms with Gasteiger partial charge in [0.1, 0.15) is 12.4 Å². The summed E-state index contributed by atoms with van der Waals surface area (Å²) in [7, 11) is 1.61. The molecule has 0 unspecified atom stereocenters. The van der Waals surface area contributed by atoms with Crippen LogP contribution in [0.15, 0.2) is 18.2 Å². The molecule has 0 aliphatic rings. The summed E-state index contributed by atoms with van der Waals surface area (Å²) in [6.45, 7) is 1.79. The van der Waals surface area contributed by atoms with Crippen LogP contribution in [0.4, 0.5) is 0 Å². The zero-order chi connectivity index (χ0) is 12.4. The van der Waals surface area contributed by atoms with E-state index >= 15 is 0 Å². The van der Waals surface area contributed by atoms with E-state index in [2.05, 4.69) is 10.2 Å². The van der Waals surface area contributed by atoms with Crippen LogP contribution < -0.4 is 4.74 Å². The first-order valence-electron chi connectivity index (χ1n) is 5.09. The molecule has 0 bridgehead atoms. The molecule has 0 aliphatic carbocycles. The predicted molar refractivity (Wildman–Crippen MR) is 66.0 cm³/mol. The lowest BCUT2D eigenvalue weighted by atomic mass is 10.2. The second-order valence-corrected chi connectivity index (χ2v) is 3.98. The van der Waals surface area contributed by atoms with Crippen LogP contribution in [-0.2, 0) is 6.61 Å². The first-order valence-corrected chi connectivity index (χ1v) is 5.50. The van der Waals surface area contributed by atoms with E-state index in [0.717, 1.165) is 17.0 Å². The topological polar surface area (TPSA) is 63.1 Å². The molecule has 6 heteroatoms. The molecule has 0 amide bonds. The van der Waals surface area contributed by atoms with Gasteiger partial charge in [-0.3, -0.25) is 9.67 Å². The predicted octanol–water partition coefficient (Wildman–Crippen LogP) is 1.74. The van der Waals surface area contributed by atoms with Crippen LogP contribution in [0.1, 0.15) is 11.4 Å². The van der Waals surface area contributed by atoms with Crippen LogP contribution >= 0.6 is 12.2 Å². The summed E-state index contributed by atoms with van der Waals surface area (Å²) in [4.78, 5) is 0. The maximum absolute atomic E-state index is 9.23. The quantitative estimate of drug-likeness (QED) is 0.816. The number of benzene rings is 1. The minimum atomic E-state index is -0.177. The molecule has 2 N–H and O–H groups in total. The van der Waals surface area contributed by atoms with Crippen LogP contribution in [0.2, 0.25) is 0 Å². The summed E-state index contributed by atoms with van der Waals surface area (Å²) < 4.78 is 7.33. The Morgan fingerprint density at radius 2 is 2.29 bits per heavy atom. The van der Waals surface area contributed by atoms with Gasteiger partial charge in [-0.05, 0) is 30.8 Å². The Morgan fingerprint density at radius 1 is 1.53 bits per heavy atom. The van der Waals surface area contributed by atoms with Gasteiger partial charge < -0.3 is 9.84 Å². The number of rotatable bonds is 3. The lowest BCUT2D eigenvalue weighted by molar-refractivity contribution is 0.268. The van der Waals surface area contributed by atoms with Gasteiger partial charge in [0.15, 0.2) is 10.6 Å². The Bertz CT molecular complexity index is 589. The number of hydrogen-bond donors (Lipinski definition) is 2. The third kappa shape index (κ3) is 2.09. The largest absolute Gasteiger partial charge is 0.497 e. The Balaban J connectivity index is 2.66. The number of aliphatic hydroxyl groups is 1. The minimum Gasteiger partial charge on any atom is -0.497 e. The fourth-order valence-corrected chi connectivity index (χ4v) is 1.89. The van der Waals surface area contributed by atoms with Gasteiger partial charge in [0.25, 0.3) is 0 Å². The van der Waals surface area contributed by atoms with Gasteiger partial charge in [-0.2, -0.15) is 5.10 Å². The van der Waals surface area contributed by atoms with E-state index in [4.69, 9.17) is 17.0 Å². The second-order valence-electron chi connectivity index (χ2n) is 3.59. The molecule has 0 atom stereocenters. The number of hydrogen-bond acceptors (Lipinski definition) is 4. The maximum Gasteiger partial charge on any atom is 0.199 e. The molecule has 17 heavy (non-hydrogen) atoms. The number of nitrogens with one attached hydrogen (secondary N) is 1. The normalized spacial score (nSPS) is 10.5. The highest BCUT2D eigenvalue weighted by Crippen LogP contribution is 2.22. The monoisotopic (exact) mass is 251 g/mol. The van der Waals surface area contributed by atoms with Gasteiger partial charge in [0.05, 0.1) is 12.8 Å². The molecule has 0 spiro atoms. The Hall–Kier alpha value is -1.66. The molecule has 0 saturated carbocycles. The molecule has 1 aromatic carbocycles. The number of H-pyrrole nitrogens is 1. The number of aromatic amines is 1. The molecule has 0 saturated heterocycles. The summed E-state index contributed by atoms with van der Waals surface area (Å²) in [5.41, 5.74) is 1.88. The van der Waals surface area contributed by atoms with E-state index in [1.807, 2.05) is 25.1 Å². The molecule has 0 radical (unpaired) electrons. The minimum absolute atomic E-state index is 0.177. The Labute approximate surface area is 104 Å². The molecule has 0 aliphatic heterocycles. The van der Waals surface area contributed by atoms with Crippen molar-refractivity contribution in [3.05, 3.63) is 34.4 Å². The van der Waals surface area contributed by atoms with Gasteiger partial charge in [-0.25, -0.2) is 0 Å². The second kappa shape index (κ2) is 4.68. The first kappa shape index (κ1) is 11.8. The SMILES string of the molecule is COc1ccc(C)c(-n2c(CO)n[nH]c2=S)c1. The van der Waals surface area contributed by atoms with Crippen LogP contribution in [0, 0.1) is 11.7 Å². The highest BCUT2D eigenvalue weighted by Gasteiger charge is 2.10. The van der Waals surface area contributed by atoms with E-state index in [0.29, 0.717) is 10.6 Å². The Kier molecular flexibility index (Phi) is 3.26. The van der Waals surface area contributed by atoms with Crippen molar-refractivity contribution in [3.63, 3.8) is 0 Å². The molecule has 90 valence electrons. The van der Waals surface area contributed by atoms with Gasteiger partial charge in [0, 0.05) is 6.07 Å². The number of ether oxygens (including phenoxy) is 1. The van der Waals surface area contributed by atoms with E-state index in [-0.39, 0.29) is 6.61 Å². The lowest BCUT2D eigenvalue weighted by Gasteiger charge is -2.10. The maximum atomic E-state index is 9.23. The molecule has 2 aromatic rings. The van der Waals surface area contributed by atoms with Crippen molar-refractivity contribution < 1.29 is 9.84 Å². The zero-order valence-electron chi connectivity index (χ0n) is 9.60. The third-order valence-corrected chi connectivity index (χ3v) is 2.81. The lowest BCUT2D eigenvalue weighted by Crippen LogP contribution is -2.03. The van der Waals surface area contributed by atoms with Crippen molar-refractivity contribution in [3.8, 4) is 11.4 Å². The molecule has 0 fully saturated rings. The molecular weight excluding hydrogens is 238 g/mol. The zero-order valence-corrected chi connectivity index (χ0v) is 10.4. The van der Waals surface area contributed by atoms with E-state index < -0.39 is 0 Å². The number of aryl methyl sites for hydroxylation is 1. The van der Waals surface area contributed by atoms with Crippen LogP contribution in [-0.4, -0.2) is 27.0 Å². The summed E-state index contributed by atoms with van der Waals surface area (Å²) in [6.07, 6.45) is 0. The van der Waals surface area contributed by atoms with Crippen molar-refractivity contribution in [2.45, 2.75) is 13.5 Å². The van der Waals surface area contributed by atoms with Crippen LogP contribution in [0.5, 0.6) is 5.75 Å². The number of aliphatic hydroxyl groups excluding tert-OH is 1. The van der Waals surface area contributed by atoms with Crippen molar-refractivity contribution in [2.75, 3.05) is 7.11 Å². The Morgan fingerprint density at radius 3 is 2.94 bits per heavy atom. The van der Waals surface area contributed by atoms with Gasteiger partial charge in [0.2, 0.25) is 0 Å². The van der Waals surface area contributed by atoms with Crippen molar-refractivity contribution in [1.82, 2.24) is 14.8 Å². The first-order chi connectivity index (χ1) is 8.17. The number of nitrogens with zero attached hydrogens (tertiary/aromatic N) is 2. The molecule has 1 aromatic heterocycles. The average Bonchev–Trinajstić information content (AvgIpc) is 2.71. The highest BCUT2D eigenvalue weighted by atomic mass is 32.1. The highest BCUT2D eigenvalue weighted by molar-refractivity contribution is 7.71. The summed E-state index contributed by atoms with van der Waals surface area (Å²) >= 11 is 5.15. The summed E-state index contributed by atoms with van der Waals surface area (Å²) in [6, 6.07) is 5.67. The smallest absolute Gasteiger partial charge is 0.199 e. The van der Waals surface area contributed by atoms with Crippen molar-refractivity contribution in [2.24, 2.45) is 0 Å². The molecule has 1 heterocycles. The standard InChI is InChI=1S/C11H13N3O2S/c1-7-3-4-8(16-2)5-9(7)14-10(6-15)12-13-11(14)17/h3-5,15H,6H2,1-2H3,(H,13,17). The van der Waals surface area contributed by atoms with Crippen LogP contribution in [0.25, 0.3) is 5.69 Å². The number of aromatic nitrogens is 3. The van der Waals surface area contributed by atoms with E-state index in [1.54, 1.807) is 11.7 Å². The summed E-state index contributed by atoms with van der Waals surface area (Å²) in [5, 5.41) is 15.9. The summed E-state index contributed by atoms with van der Waals surface area (Å²) in [5.74, 6) is 1.21. The molecule has 2 rings (SSSR count). The van der Waals surface area contributed by atoms with Gasteiger partial charge >= 0.3 is 0 Å². The van der Waals surface area contributed by atoms with Crippen LogP contribution in [0.3, 0.4) is 0 Å². The molecular formula is C11H13N3O2S. The van der Waals surface area contributed by atoms with Gasteiger partial charge in [-0.1, -0.05) is 6.07 Å². The van der Waals surface area contributed by atoms with Gasteiger partial charge in [-0.15, -0.1) is 0 Å².